The molecular weight excluding hydrogens is 431 g/mol. The van der Waals surface area contributed by atoms with Crippen LogP contribution in [0.5, 0.6) is 5.75 Å². The molecule has 1 amide bonds. The normalized spacial score (nSPS) is 11.1. The van der Waals surface area contributed by atoms with Gasteiger partial charge >= 0.3 is 0 Å². The van der Waals surface area contributed by atoms with E-state index < -0.39 is 11.4 Å². The van der Waals surface area contributed by atoms with Crippen molar-refractivity contribution >= 4 is 32.9 Å². The minimum atomic E-state index is -0.550. The zero-order valence-electron chi connectivity index (χ0n) is 15.5. The second kappa shape index (κ2) is 8.05. The van der Waals surface area contributed by atoms with Crippen molar-refractivity contribution in [2.24, 2.45) is 0 Å². The number of carbonyl (C=O) groups excluding carboxylic acids is 1. The molecule has 7 nitrogen and oxygen atoms in total. The number of fused-ring (bicyclic) bond motifs is 1. The molecule has 1 aromatic carbocycles. The number of ether oxygens (including phenoxy) is 1. The quantitative estimate of drug-likeness (QED) is 0.648. The van der Waals surface area contributed by atoms with Crippen LogP contribution in [0.3, 0.4) is 0 Å². The number of rotatable bonds is 5. The first kappa shape index (κ1) is 19.9. The molecule has 1 N–H and O–H groups in total. The first-order valence-corrected chi connectivity index (χ1v) is 9.28. The van der Waals surface area contributed by atoms with Crippen LogP contribution in [0, 0.1) is 5.82 Å². The number of aromatic nitrogens is 3. The van der Waals surface area contributed by atoms with E-state index in [2.05, 4.69) is 31.2 Å². The van der Waals surface area contributed by atoms with Gasteiger partial charge in [0.15, 0.2) is 5.65 Å². The van der Waals surface area contributed by atoms with E-state index in [0.717, 1.165) is 0 Å². The van der Waals surface area contributed by atoms with Crippen LogP contribution < -0.4 is 15.6 Å². The summed E-state index contributed by atoms with van der Waals surface area (Å²) in [5, 5.41) is 2.99. The van der Waals surface area contributed by atoms with Crippen molar-refractivity contribution in [2.75, 3.05) is 7.11 Å². The second-order valence-corrected chi connectivity index (χ2v) is 7.37. The molecule has 146 valence electrons. The molecule has 0 bridgehead atoms. The molecule has 0 spiro atoms. The largest absolute Gasteiger partial charge is 0.497 e. The van der Waals surface area contributed by atoms with Crippen LogP contribution in [0.2, 0.25) is 0 Å². The Hall–Kier alpha value is -2.81. The van der Waals surface area contributed by atoms with Gasteiger partial charge < -0.3 is 10.1 Å². The molecule has 0 radical (unpaired) electrons. The maximum Gasteiger partial charge on any atom is 0.263 e. The van der Waals surface area contributed by atoms with Crippen molar-refractivity contribution in [2.45, 2.75) is 26.4 Å². The van der Waals surface area contributed by atoms with Crippen molar-refractivity contribution < 1.29 is 13.9 Å². The van der Waals surface area contributed by atoms with E-state index in [-0.39, 0.29) is 41.1 Å². The van der Waals surface area contributed by atoms with E-state index in [1.54, 1.807) is 12.1 Å². The Bertz CT molecular complexity index is 1110. The SMILES string of the molecule is COc1cc(F)cc(-c2nc3ncc(Br)cc3c(=O)n2CC(=O)NC(C)C)c1. The summed E-state index contributed by atoms with van der Waals surface area (Å²) in [7, 11) is 1.41. The van der Waals surface area contributed by atoms with Gasteiger partial charge in [0.2, 0.25) is 5.91 Å². The van der Waals surface area contributed by atoms with Crippen LogP contribution in [0.15, 0.2) is 39.7 Å². The summed E-state index contributed by atoms with van der Waals surface area (Å²) >= 11 is 3.28. The van der Waals surface area contributed by atoms with E-state index in [0.29, 0.717) is 10.0 Å². The Balaban J connectivity index is 2.26. The molecule has 9 heteroatoms. The topological polar surface area (TPSA) is 86.1 Å². The monoisotopic (exact) mass is 448 g/mol. The highest BCUT2D eigenvalue weighted by Crippen LogP contribution is 2.25. The van der Waals surface area contributed by atoms with Gasteiger partial charge in [0.1, 0.15) is 23.9 Å². The van der Waals surface area contributed by atoms with Gasteiger partial charge in [-0.25, -0.2) is 14.4 Å². The number of carbonyl (C=O) groups is 1. The van der Waals surface area contributed by atoms with E-state index >= 15 is 0 Å². The van der Waals surface area contributed by atoms with E-state index in [1.165, 1.54) is 30.0 Å². The Morgan fingerprint density at radius 2 is 2.07 bits per heavy atom. The summed E-state index contributed by atoms with van der Waals surface area (Å²) in [5.74, 6) is -0.508. The fourth-order valence-electron chi connectivity index (χ4n) is 2.77. The lowest BCUT2D eigenvalue weighted by Crippen LogP contribution is -2.37. The molecule has 0 aliphatic heterocycles. The van der Waals surface area contributed by atoms with Crippen LogP contribution in [0.4, 0.5) is 4.39 Å². The molecule has 2 aromatic heterocycles. The Morgan fingerprint density at radius 1 is 1.32 bits per heavy atom. The Labute approximate surface area is 168 Å². The number of benzene rings is 1. The van der Waals surface area contributed by atoms with Gasteiger partial charge in [-0.1, -0.05) is 0 Å². The van der Waals surface area contributed by atoms with Gasteiger partial charge in [0, 0.05) is 28.3 Å². The number of nitrogens with one attached hydrogen (secondary N) is 1. The van der Waals surface area contributed by atoms with Gasteiger partial charge in [-0.05, 0) is 48.0 Å². The zero-order chi connectivity index (χ0) is 20.4. The predicted molar refractivity (Wildman–Crippen MR) is 107 cm³/mol. The van der Waals surface area contributed by atoms with Gasteiger partial charge in [-0.15, -0.1) is 0 Å². The maximum absolute atomic E-state index is 14.0. The van der Waals surface area contributed by atoms with Crippen molar-refractivity contribution in [3.63, 3.8) is 0 Å². The average Bonchev–Trinajstić information content (AvgIpc) is 2.63. The minimum Gasteiger partial charge on any atom is -0.497 e. The molecule has 3 rings (SSSR count). The van der Waals surface area contributed by atoms with E-state index in [4.69, 9.17) is 4.74 Å². The van der Waals surface area contributed by atoms with Gasteiger partial charge in [-0.2, -0.15) is 0 Å². The Kier molecular flexibility index (Phi) is 5.73. The van der Waals surface area contributed by atoms with Crippen LogP contribution in [-0.2, 0) is 11.3 Å². The molecular formula is C19H18BrFN4O3. The van der Waals surface area contributed by atoms with Gasteiger partial charge in [-0.3, -0.25) is 14.2 Å². The standard InChI is InChI=1S/C19H18BrFN4O3/c1-10(2)23-16(26)9-25-18(11-4-13(21)7-14(5-11)28-3)24-17-15(19(25)27)6-12(20)8-22-17/h4-8,10H,9H2,1-3H3,(H,23,26). The van der Waals surface area contributed by atoms with Gasteiger partial charge in [0.05, 0.1) is 12.5 Å². The third-order valence-corrected chi connectivity index (χ3v) is 4.33. The van der Waals surface area contributed by atoms with Crippen LogP contribution >= 0.6 is 15.9 Å². The van der Waals surface area contributed by atoms with Crippen molar-refractivity contribution in [3.05, 3.63) is 51.1 Å². The third kappa shape index (κ3) is 4.19. The number of nitrogens with zero attached hydrogens (tertiary/aromatic N) is 3. The molecule has 2 heterocycles. The molecule has 0 aliphatic rings. The number of hydrogen-bond acceptors (Lipinski definition) is 5. The Morgan fingerprint density at radius 3 is 2.75 bits per heavy atom. The number of halogens is 2. The van der Waals surface area contributed by atoms with E-state index in [9.17, 15) is 14.0 Å². The van der Waals surface area contributed by atoms with Gasteiger partial charge in [0.25, 0.3) is 5.56 Å². The second-order valence-electron chi connectivity index (χ2n) is 6.45. The van der Waals surface area contributed by atoms with E-state index in [1.807, 2.05) is 13.8 Å². The summed E-state index contributed by atoms with van der Waals surface area (Å²) in [6, 6.07) is 5.49. The summed E-state index contributed by atoms with van der Waals surface area (Å²) < 4.78 is 21.0. The molecule has 3 aromatic rings. The predicted octanol–water partition coefficient (Wildman–Crippen LogP) is 2.89. The molecule has 0 saturated carbocycles. The summed E-state index contributed by atoms with van der Waals surface area (Å²) in [4.78, 5) is 34.0. The lowest BCUT2D eigenvalue weighted by Gasteiger charge is -2.15. The fraction of sp³-hybridized carbons (Fsp3) is 0.263. The highest BCUT2D eigenvalue weighted by Gasteiger charge is 2.18. The molecule has 0 aliphatic carbocycles. The van der Waals surface area contributed by atoms with Crippen LogP contribution in [0.1, 0.15) is 13.8 Å². The summed E-state index contributed by atoms with van der Waals surface area (Å²) in [6.07, 6.45) is 1.51. The highest BCUT2D eigenvalue weighted by atomic mass is 79.9. The number of hydrogen-bond donors (Lipinski definition) is 1. The lowest BCUT2D eigenvalue weighted by atomic mass is 10.1. The molecule has 28 heavy (non-hydrogen) atoms. The van der Waals surface area contributed by atoms with Crippen molar-refractivity contribution in [1.82, 2.24) is 19.9 Å². The summed E-state index contributed by atoms with van der Waals surface area (Å²) in [6.45, 7) is 3.37. The minimum absolute atomic E-state index is 0.0925. The molecule has 0 unspecified atom stereocenters. The third-order valence-electron chi connectivity index (χ3n) is 3.89. The number of methoxy groups -OCH3 is 1. The van der Waals surface area contributed by atoms with Crippen LogP contribution in [-0.4, -0.2) is 33.6 Å². The fourth-order valence-corrected chi connectivity index (χ4v) is 3.10. The zero-order valence-corrected chi connectivity index (χ0v) is 17.1. The first-order chi connectivity index (χ1) is 13.3. The number of amides is 1. The lowest BCUT2D eigenvalue weighted by molar-refractivity contribution is -0.122. The van der Waals surface area contributed by atoms with Crippen molar-refractivity contribution in [3.8, 4) is 17.1 Å². The molecule has 0 saturated heterocycles. The smallest absolute Gasteiger partial charge is 0.263 e. The highest BCUT2D eigenvalue weighted by molar-refractivity contribution is 9.10. The molecule has 0 atom stereocenters. The maximum atomic E-state index is 14.0. The summed E-state index contributed by atoms with van der Waals surface area (Å²) in [5.41, 5.74) is 0.0563. The number of pyridine rings is 1. The molecule has 0 fully saturated rings. The van der Waals surface area contributed by atoms with Crippen LogP contribution in [0.25, 0.3) is 22.4 Å². The average molecular weight is 449 g/mol. The van der Waals surface area contributed by atoms with Crippen molar-refractivity contribution in [1.29, 1.82) is 0 Å². The first-order valence-electron chi connectivity index (χ1n) is 8.49.